The molecule has 1 fully saturated rings. The number of amides is 1. The molecule has 1 aliphatic rings. The van der Waals surface area contributed by atoms with Crippen molar-refractivity contribution in [3.05, 3.63) is 94.3 Å². The van der Waals surface area contributed by atoms with Crippen LogP contribution in [0.25, 0.3) is 0 Å². The van der Waals surface area contributed by atoms with E-state index in [-0.39, 0.29) is 18.0 Å². The summed E-state index contributed by atoms with van der Waals surface area (Å²) in [5.41, 5.74) is 2.13. The number of carbonyl (C=O) groups excluding carboxylic acids is 1. The number of benzene rings is 2. The van der Waals surface area contributed by atoms with E-state index in [0.717, 1.165) is 43.7 Å². The minimum absolute atomic E-state index is 0.0794. The van der Waals surface area contributed by atoms with Crippen LogP contribution in [0, 0.1) is 5.92 Å². The summed E-state index contributed by atoms with van der Waals surface area (Å²) >= 11 is 0. The first-order valence-electron chi connectivity index (χ1n) is 10.8. The van der Waals surface area contributed by atoms with Crippen LogP contribution in [0.2, 0.25) is 0 Å². The normalized spacial score (nSPS) is 14.4. The Balaban J connectivity index is 1.32. The molecule has 3 aromatic rings. The predicted molar refractivity (Wildman–Crippen MR) is 122 cm³/mol. The van der Waals surface area contributed by atoms with Crippen LogP contribution in [-0.2, 0) is 24.3 Å². The molecule has 1 saturated heterocycles. The molecular formula is C25H28N4O2. The van der Waals surface area contributed by atoms with Gasteiger partial charge in [-0.15, -0.1) is 0 Å². The Morgan fingerprint density at radius 2 is 1.55 bits per heavy atom. The number of rotatable bonds is 7. The molecule has 0 bridgehead atoms. The molecule has 1 aromatic heterocycles. The van der Waals surface area contributed by atoms with E-state index in [1.165, 1.54) is 16.3 Å². The number of carbonyl (C=O) groups is 1. The third-order valence-electron chi connectivity index (χ3n) is 5.78. The maximum Gasteiger partial charge on any atom is 0.267 e. The van der Waals surface area contributed by atoms with Crippen LogP contribution in [-0.4, -0.2) is 28.8 Å². The molecule has 1 amide bonds. The summed E-state index contributed by atoms with van der Waals surface area (Å²) in [6.45, 7) is 2.17. The van der Waals surface area contributed by atoms with Crippen molar-refractivity contribution in [3.63, 3.8) is 0 Å². The smallest absolute Gasteiger partial charge is 0.267 e. The van der Waals surface area contributed by atoms with E-state index in [9.17, 15) is 9.59 Å². The highest BCUT2D eigenvalue weighted by Gasteiger charge is 2.21. The van der Waals surface area contributed by atoms with Crippen molar-refractivity contribution in [1.29, 1.82) is 0 Å². The van der Waals surface area contributed by atoms with Crippen molar-refractivity contribution in [1.82, 2.24) is 15.1 Å². The molecule has 0 aliphatic carbocycles. The van der Waals surface area contributed by atoms with Crippen molar-refractivity contribution in [3.8, 4) is 0 Å². The molecule has 1 N–H and O–H groups in total. The number of hydrogen-bond donors (Lipinski definition) is 1. The topological polar surface area (TPSA) is 67.2 Å². The van der Waals surface area contributed by atoms with Crippen LogP contribution in [0.1, 0.15) is 24.0 Å². The summed E-state index contributed by atoms with van der Waals surface area (Å²) in [4.78, 5) is 26.7. The molecule has 0 spiro atoms. The van der Waals surface area contributed by atoms with Gasteiger partial charge >= 0.3 is 0 Å². The molecule has 0 saturated carbocycles. The van der Waals surface area contributed by atoms with Gasteiger partial charge in [0.1, 0.15) is 12.4 Å². The lowest BCUT2D eigenvalue weighted by molar-refractivity contribution is -0.122. The monoisotopic (exact) mass is 416 g/mol. The Labute approximate surface area is 182 Å². The SMILES string of the molecule is O=C(Cn1nc(N2CCC(Cc3ccccc3)CC2)ccc1=O)NCc1ccccc1. The van der Waals surface area contributed by atoms with Crippen LogP contribution >= 0.6 is 0 Å². The number of nitrogens with one attached hydrogen (secondary N) is 1. The van der Waals surface area contributed by atoms with Crippen molar-refractivity contribution in [2.45, 2.75) is 32.4 Å². The summed E-state index contributed by atoms with van der Waals surface area (Å²) in [5, 5.41) is 7.32. The van der Waals surface area contributed by atoms with Crippen molar-refractivity contribution < 1.29 is 4.79 Å². The van der Waals surface area contributed by atoms with Gasteiger partial charge in [-0.1, -0.05) is 60.7 Å². The van der Waals surface area contributed by atoms with Gasteiger partial charge in [-0.25, -0.2) is 4.68 Å². The van der Waals surface area contributed by atoms with E-state index < -0.39 is 0 Å². The molecule has 160 valence electrons. The van der Waals surface area contributed by atoms with Gasteiger partial charge in [0.25, 0.3) is 5.56 Å². The van der Waals surface area contributed by atoms with Crippen molar-refractivity contribution >= 4 is 11.7 Å². The Kier molecular flexibility index (Phi) is 6.77. The summed E-state index contributed by atoms with van der Waals surface area (Å²) in [6.07, 6.45) is 3.28. The summed E-state index contributed by atoms with van der Waals surface area (Å²) in [6, 6.07) is 23.6. The molecule has 0 radical (unpaired) electrons. The zero-order valence-electron chi connectivity index (χ0n) is 17.6. The molecule has 6 heteroatoms. The predicted octanol–water partition coefficient (Wildman–Crippen LogP) is 3.02. The van der Waals surface area contributed by atoms with Crippen LogP contribution in [0.15, 0.2) is 77.6 Å². The van der Waals surface area contributed by atoms with Crippen molar-refractivity contribution in [2.24, 2.45) is 5.92 Å². The van der Waals surface area contributed by atoms with Gasteiger partial charge in [0.15, 0.2) is 0 Å². The lowest BCUT2D eigenvalue weighted by atomic mass is 9.90. The van der Waals surface area contributed by atoms with Crippen LogP contribution in [0.3, 0.4) is 0 Å². The fourth-order valence-electron chi connectivity index (χ4n) is 4.02. The van der Waals surface area contributed by atoms with E-state index in [1.807, 2.05) is 30.3 Å². The van der Waals surface area contributed by atoms with Crippen LogP contribution in [0.5, 0.6) is 0 Å². The van der Waals surface area contributed by atoms with Gasteiger partial charge in [0.2, 0.25) is 5.91 Å². The zero-order chi connectivity index (χ0) is 21.5. The molecule has 0 unspecified atom stereocenters. The lowest BCUT2D eigenvalue weighted by Crippen LogP contribution is -2.38. The van der Waals surface area contributed by atoms with Gasteiger partial charge in [0.05, 0.1) is 0 Å². The molecule has 2 aromatic carbocycles. The third kappa shape index (κ3) is 5.81. The Hall–Kier alpha value is -3.41. The Morgan fingerprint density at radius 1 is 0.903 bits per heavy atom. The lowest BCUT2D eigenvalue weighted by Gasteiger charge is -2.33. The standard InChI is InChI=1S/C25H28N4O2/c30-24(26-18-22-9-5-2-6-10-22)19-29-25(31)12-11-23(27-29)28-15-13-21(14-16-28)17-20-7-3-1-4-8-20/h1-12,21H,13-19H2,(H,26,30). The first-order chi connectivity index (χ1) is 15.2. The number of piperidine rings is 1. The second-order valence-corrected chi connectivity index (χ2v) is 8.07. The average molecular weight is 417 g/mol. The molecule has 4 rings (SSSR count). The highest BCUT2D eigenvalue weighted by molar-refractivity contribution is 5.75. The average Bonchev–Trinajstić information content (AvgIpc) is 2.81. The summed E-state index contributed by atoms with van der Waals surface area (Å²) in [5.74, 6) is 1.19. The molecule has 31 heavy (non-hydrogen) atoms. The van der Waals surface area contributed by atoms with Gasteiger partial charge in [-0.05, 0) is 42.4 Å². The summed E-state index contributed by atoms with van der Waals surface area (Å²) < 4.78 is 1.26. The van der Waals surface area contributed by atoms with E-state index in [1.54, 1.807) is 6.07 Å². The van der Waals surface area contributed by atoms with E-state index in [2.05, 4.69) is 45.6 Å². The molecule has 2 heterocycles. The first kappa shape index (κ1) is 20.8. The largest absolute Gasteiger partial charge is 0.355 e. The number of anilines is 1. The fourth-order valence-corrected chi connectivity index (χ4v) is 4.02. The maximum absolute atomic E-state index is 12.3. The van der Waals surface area contributed by atoms with Gasteiger partial charge in [-0.3, -0.25) is 9.59 Å². The van der Waals surface area contributed by atoms with Crippen LogP contribution < -0.4 is 15.8 Å². The molecule has 1 aliphatic heterocycles. The van der Waals surface area contributed by atoms with Gasteiger partial charge < -0.3 is 10.2 Å². The number of nitrogens with zero attached hydrogens (tertiary/aromatic N) is 3. The Bertz CT molecular complexity index is 1040. The molecular weight excluding hydrogens is 388 g/mol. The summed E-state index contributed by atoms with van der Waals surface area (Å²) in [7, 11) is 0. The highest BCUT2D eigenvalue weighted by Crippen LogP contribution is 2.24. The third-order valence-corrected chi connectivity index (χ3v) is 5.78. The van der Waals surface area contributed by atoms with Gasteiger partial charge in [-0.2, -0.15) is 5.10 Å². The second-order valence-electron chi connectivity index (χ2n) is 8.07. The van der Waals surface area contributed by atoms with E-state index in [4.69, 9.17) is 0 Å². The first-order valence-corrected chi connectivity index (χ1v) is 10.8. The quantitative estimate of drug-likeness (QED) is 0.643. The van der Waals surface area contributed by atoms with Crippen LogP contribution in [0.4, 0.5) is 5.82 Å². The number of aromatic nitrogens is 2. The minimum atomic E-state index is -0.266. The molecule has 0 atom stereocenters. The Morgan fingerprint density at radius 3 is 2.23 bits per heavy atom. The second kappa shape index (κ2) is 10.1. The zero-order valence-corrected chi connectivity index (χ0v) is 17.6. The highest BCUT2D eigenvalue weighted by atomic mass is 16.2. The maximum atomic E-state index is 12.3. The van der Waals surface area contributed by atoms with E-state index in [0.29, 0.717) is 12.5 Å². The van der Waals surface area contributed by atoms with Gasteiger partial charge in [0, 0.05) is 25.7 Å². The van der Waals surface area contributed by atoms with E-state index >= 15 is 0 Å². The number of hydrogen-bond acceptors (Lipinski definition) is 4. The molecule has 6 nitrogen and oxygen atoms in total. The minimum Gasteiger partial charge on any atom is -0.355 e. The van der Waals surface area contributed by atoms with Crippen molar-refractivity contribution in [2.75, 3.05) is 18.0 Å². The fraction of sp³-hybridized carbons (Fsp3) is 0.320.